The Morgan fingerprint density at radius 3 is 2.84 bits per heavy atom. The minimum Gasteiger partial charge on any atom is -0.459 e. The van der Waals surface area contributed by atoms with Gasteiger partial charge in [0.2, 0.25) is 12.2 Å². The maximum absolute atomic E-state index is 11.9. The van der Waals surface area contributed by atoms with Crippen LogP contribution < -0.4 is 5.32 Å². The fraction of sp³-hybridized carbons (Fsp3) is 0.400. The number of hydrogen-bond acceptors (Lipinski definition) is 3. The molecule has 4 heteroatoms. The quantitative estimate of drug-likeness (QED) is 0.888. The summed E-state index contributed by atoms with van der Waals surface area (Å²) in [6, 6.07) is 5.86. The summed E-state index contributed by atoms with van der Waals surface area (Å²) in [6.07, 6.45) is 2.25. The van der Waals surface area contributed by atoms with Crippen LogP contribution in [0.1, 0.15) is 38.3 Å². The van der Waals surface area contributed by atoms with Gasteiger partial charge in [0, 0.05) is 17.7 Å². The number of nitrogens with one attached hydrogen (secondary N) is 1. The van der Waals surface area contributed by atoms with Gasteiger partial charge in [-0.3, -0.25) is 4.79 Å². The van der Waals surface area contributed by atoms with E-state index in [4.69, 9.17) is 9.47 Å². The zero-order valence-corrected chi connectivity index (χ0v) is 11.3. The lowest BCUT2D eigenvalue weighted by Crippen LogP contribution is -2.26. The molecular formula is C15H17NO3. The standard InChI is InChI=1S/C15H17NO3/c1-4-13-18-8-12(19-13)9-5-6-11-10(7-9)15(2,3)14(17)16-11/h5-8,13H,4H2,1-3H3,(H,16,17). The highest BCUT2D eigenvalue weighted by atomic mass is 16.7. The van der Waals surface area contributed by atoms with Crippen LogP contribution >= 0.6 is 0 Å². The Balaban J connectivity index is 1.96. The Morgan fingerprint density at radius 1 is 1.37 bits per heavy atom. The van der Waals surface area contributed by atoms with Gasteiger partial charge in [-0.2, -0.15) is 0 Å². The molecule has 0 aliphatic carbocycles. The highest BCUT2D eigenvalue weighted by molar-refractivity contribution is 6.05. The highest BCUT2D eigenvalue weighted by Gasteiger charge is 2.38. The van der Waals surface area contributed by atoms with Gasteiger partial charge in [0.25, 0.3) is 0 Å². The minimum absolute atomic E-state index is 0.0312. The third-order valence-electron chi connectivity index (χ3n) is 3.71. The van der Waals surface area contributed by atoms with Gasteiger partial charge in [-0.15, -0.1) is 0 Å². The first-order chi connectivity index (χ1) is 9.02. The summed E-state index contributed by atoms with van der Waals surface area (Å²) in [5, 5.41) is 2.89. The van der Waals surface area contributed by atoms with Crippen LogP contribution in [0.25, 0.3) is 5.76 Å². The van der Waals surface area contributed by atoms with E-state index in [-0.39, 0.29) is 12.2 Å². The first-order valence-electron chi connectivity index (χ1n) is 6.51. The van der Waals surface area contributed by atoms with Crippen molar-refractivity contribution in [3.05, 3.63) is 35.6 Å². The van der Waals surface area contributed by atoms with Crippen LogP contribution in [0.3, 0.4) is 0 Å². The minimum atomic E-state index is -0.504. The second-order valence-corrected chi connectivity index (χ2v) is 5.41. The number of rotatable bonds is 2. The molecule has 1 aromatic carbocycles. The van der Waals surface area contributed by atoms with E-state index in [1.165, 1.54) is 0 Å². The average Bonchev–Trinajstić information content (AvgIpc) is 2.94. The van der Waals surface area contributed by atoms with Crippen molar-refractivity contribution in [1.29, 1.82) is 0 Å². The number of fused-ring (bicyclic) bond motifs is 1. The van der Waals surface area contributed by atoms with Crippen molar-refractivity contribution in [1.82, 2.24) is 0 Å². The van der Waals surface area contributed by atoms with Crippen molar-refractivity contribution in [2.75, 3.05) is 5.32 Å². The Labute approximate surface area is 112 Å². The molecular weight excluding hydrogens is 242 g/mol. The van der Waals surface area contributed by atoms with Crippen LogP contribution in [0.15, 0.2) is 24.5 Å². The number of anilines is 1. The third kappa shape index (κ3) is 1.79. The van der Waals surface area contributed by atoms with Gasteiger partial charge in [-0.05, 0) is 37.6 Å². The van der Waals surface area contributed by atoms with E-state index in [0.29, 0.717) is 0 Å². The maximum atomic E-state index is 11.9. The Kier molecular flexibility index (Phi) is 2.55. The van der Waals surface area contributed by atoms with Crippen molar-refractivity contribution in [3.8, 4) is 0 Å². The number of benzene rings is 1. The molecule has 1 unspecified atom stereocenters. The Bertz CT molecular complexity index is 575. The van der Waals surface area contributed by atoms with E-state index in [2.05, 4.69) is 5.32 Å². The summed E-state index contributed by atoms with van der Waals surface area (Å²) in [5.41, 5.74) is 2.32. The average molecular weight is 259 g/mol. The summed E-state index contributed by atoms with van der Waals surface area (Å²) in [6.45, 7) is 5.86. The van der Waals surface area contributed by atoms with Crippen molar-refractivity contribution < 1.29 is 14.3 Å². The number of ether oxygens (including phenoxy) is 2. The SMILES string of the molecule is CCC1OC=C(c2ccc3c(c2)C(C)(C)C(=O)N3)O1. The van der Waals surface area contributed by atoms with Crippen molar-refractivity contribution >= 4 is 17.4 Å². The molecule has 0 spiro atoms. The van der Waals surface area contributed by atoms with Crippen molar-refractivity contribution in [2.45, 2.75) is 38.9 Å². The molecule has 2 aliphatic heterocycles. The Morgan fingerprint density at radius 2 is 2.16 bits per heavy atom. The molecule has 0 radical (unpaired) electrons. The summed E-state index contributed by atoms with van der Waals surface area (Å²) < 4.78 is 11.1. The van der Waals surface area contributed by atoms with Gasteiger partial charge in [-0.1, -0.05) is 6.92 Å². The molecule has 2 heterocycles. The van der Waals surface area contributed by atoms with Gasteiger partial charge in [0.05, 0.1) is 5.41 Å². The lowest BCUT2D eigenvalue weighted by molar-refractivity contribution is -0.119. The van der Waals surface area contributed by atoms with Crippen LogP contribution in [0.4, 0.5) is 5.69 Å². The first-order valence-corrected chi connectivity index (χ1v) is 6.51. The van der Waals surface area contributed by atoms with E-state index in [1.807, 2.05) is 39.0 Å². The molecule has 100 valence electrons. The fourth-order valence-corrected chi connectivity index (χ4v) is 2.37. The fourth-order valence-electron chi connectivity index (χ4n) is 2.37. The zero-order valence-electron chi connectivity index (χ0n) is 11.3. The van der Waals surface area contributed by atoms with E-state index < -0.39 is 5.41 Å². The molecule has 1 amide bonds. The second kappa shape index (κ2) is 4.02. The molecule has 3 rings (SSSR count). The molecule has 0 fully saturated rings. The van der Waals surface area contributed by atoms with Crippen LogP contribution in [0.2, 0.25) is 0 Å². The smallest absolute Gasteiger partial charge is 0.240 e. The van der Waals surface area contributed by atoms with Crippen molar-refractivity contribution in [3.63, 3.8) is 0 Å². The summed E-state index contributed by atoms with van der Waals surface area (Å²) in [5.74, 6) is 0.758. The van der Waals surface area contributed by atoms with E-state index in [1.54, 1.807) is 6.26 Å². The topological polar surface area (TPSA) is 47.6 Å². The van der Waals surface area contributed by atoms with Crippen LogP contribution in [0, 0.1) is 0 Å². The molecule has 19 heavy (non-hydrogen) atoms. The largest absolute Gasteiger partial charge is 0.459 e. The lowest BCUT2D eigenvalue weighted by Gasteiger charge is -2.16. The molecule has 1 atom stereocenters. The maximum Gasteiger partial charge on any atom is 0.240 e. The predicted molar refractivity (Wildman–Crippen MR) is 72.3 cm³/mol. The number of carbonyl (C=O) groups is 1. The van der Waals surface area contributed by atoms with E-state index >= 15 is 0 Å². The molecule has 0 saturated heterocycles. The summed E-state index contributed by atoms with van der Waals surface area (Å²) in [4.78, 5) is 11.9. The zero-order chi connectivity index (χ0) is 13.6. The van der Waals surface area contributed by atoms with E-state index in [9.17, 15) is 4.79 Å². The van der Waals surface area contributed by atoms with Crippen molar-refractivity contribution in [2.24, 2.45) is 0 Å². The van der Waals surface area contributed by atoms with Gasteiger partial charge in [0.1, 0.15) is 6.26 Å². The summed E-state index contributed by atoms with van der Waals surface area (Å²) >= 11 is 0. The third-order valence-corrected chi connectivity index (χ3v) is 3.71. The van der Waals surface area contributed by atoms with Crippen LogP contribution in [-0.4, -0.2) is 12.2 Å². The highest BCUT2D eigenvalue weighted by Crippen LogP contribution is 2.39. The monoisotopic (exact) mass is 259 g/mol. The molecule has 0 saturated carbocycles. The number of carbonyl (C=O) groups excluding carboxylic acids is 1. The van der Waals surface area contributed by atoms with Crippen LogP contribution in [0.5, 0.6) is 0 Å². The molecule has 2 aliphatic rings. The van der Waals surface area contributed by atoms with Gasteiger partial charge < -0.3 is 14.8 Å². The first kappa shape index (κ1) is 12.1. The normalized spacial score (nSPS) is 23.2. The molecule has 0 bridgehead atoms. The molecule has 0 aromatic heterocycles. The number of hydrogen-bond donors (Lipinski definition) is 1. The summed E-state index contributed by atoms with van der Waals surface area (Å²) in [7, 11) is 0. The van der Waals surface area contributed by atoms with Crippen LogP contribution in [-0.2, 0) is 19.7 Å². The van der Waals surface area contributed by atoms with Gasteiger partial charge in [-0.25, -0.2) is 0 Å². The predicted octanol–water partition coefficient (Wildman–Crippen LogP) is 3.00. The molecule has 4 nitrogen and oxygen atoms in total. The lowest BCUT2D eigenvalue weighted by atomic mass is 9.85. The molecule has 1 N–H and O–H groups in total. The second-order valence-electron chi connectivity index (χ2n) is 5.41. The van der Waals surface area contributed by atoms with Gasteiger partial charge in [0.15, 0.2) is 5.76 Å². The molecule has 1 aromatic rings. The Hall–Kier alpha value is -1.97. The van der Waals surface area contributed by atoms with Gasteiger partial charge >= 0.3 is 0 Å². The van der Waals surface area contributed by atoms with E-state index in [0.717, 1.165) is 29.0 Å². The number of amides is 1.